The van der Waals surface area contributed by atoms with Gasteiger partial charge in [0.05, 0.1) is 20.8 Å². The molecular weight excluding hydrogens is 308 g/mol. The number of carbonyl (C=O) groups excluding carboxylic acids is 1. The van der Waals surface area contributed by atoms with Crippen LogP contribution in [0.25, 0.3) is 0 Å². The van der Waals surface area contributed by atoms with Crippen molar-refractivity contribution in [1.29, 1.82) is 0 Å². The highest BCUT2D eigenvalue weighted by atomic mass is 16.7. The van der Waals surface area contributed by atoms with Gasteiger partial charge in [-0.15, -0.1) is 0 Å². The first-order chi connectivity index (χ1) is 11.6. The van der Waals surface area contributed by atoms with Crippen LogP contribution >= 0.6 is 0 Å². The number of hydroxylamine groups is 2. The first kappa shape index (κ1) is 17.6. The normalized spacial score (nSPS) is 10.1. The molecule has 0 atom stereocenters. The molecule has 2 amide bonds. The Balaban J connectivity index is 1.86. The molecule has 0 saturated carbocycles. The number of nitrogens with one attached hydrogen (secondary N) is 1. The Hall–Kier alpha value is -2.73. The van der Waals surface area contributed by atoms with Crippen molar-refractivity contribution < 1.29 is 19.1 Å². The molecule has 6 heteroatoms. The van der Waals surface area contributed by atoms with Gasteiger partial charge in [-0.25, -0.2) is 9.86 Å². The van der Waals surface area contributed by atoms with Gasteiger partial charge in [-0.05, 0) is 29.8 Å². The lowest BCUT2D eigenvalue weighted by molar-refractivity contribution is -0.0598. The van der Waals surface area contributed by atoms with Gasteiger partial charge < -0.3 is 14.8 Å². The molecule has 6 nitrogen and oxygen atoms in total. The van der Waals surface area contributed by atoms with E-state index in [-0.39, 0.29) is 6.03 Å². The minimum atomic E-state index is -0.354. The molecule has 0 fully saturated rings. The highest BCUT2D eigenvalue weighted by Crippen LogP contribution is 2.18. The van der Waals surface area contributed by atoms with Crippen molar-refractivity contribution in [2.75, 3.05) is 33.2 Å². The number of anilines is 1. The lowest BCUT2D eigenvalue weighted by Gasteiger charge is -2.15. The minimum Gasteiger partial charge on any atom is -0.497 e. The van der Waals surface area contributed by atoms with Crippen molar-refractivity contribution in [2.24, 2.45) is 0 Å². The largest absolute Gasteiger partial charge is 0.497 e. The zero-order valence-corrected chi connectivity index (χ0v) is 14.1. The van der Waals surface area contributed by atoms with E-state index in [0.717, 1.165) is 17.2 Å². The maximum Gasteiger partial charge on any atom is 0.345 e. The summed E-state index contributed by atoms with van der Waals surface area (Å²) in [6.07, 6.45) is 0.785. The fraction of sp³-hybridized carbons (Fsp3) is 0.278. The van der Waals surface area contributed by atoms with Crippen LogP contribution in [0.5, 0.6) is 11.5 Å². The molecule has 0 heterocycles. The number of rotatable bonds is 7. The topological polar surface area (TPSA) is 60.0 Å². The third kappa shape index (κ3) is 5.17. The van der Waals surface area contributed by atoms with Crippen molar-refractivity contribution in [1.82, 2.24) is 5.06 Å². The molecule has 2 rings (SSSR count). The molecule has 0 bridgehead atoms. The minimum absolute atomic E-state index is 0.354. The average Bonchev–Trinajstić information content (AvgIpc) is 2.62. The van der Waals surface area contributed by atoms with Gasteiger partial charge in [0.25, 0.3) is 0 Å². The molecular formula is C18H22N2O4. The van der Waals surface area contributed by atoms with Gasteiger partial charge in [-0.1, -0.05) is 18.2 Å². The molecule has 24 heavy (non-hydrogen) atoms. The highest BCUT2D eigenvalue weighted by molar-refractivity contribution is 5.88. The third-order valence-corrected chi connectivity index (χ3v) is 3.46. The van der Waals surface area contributed by atoms with Gasteiger partial charge in [0.2, 0.25) is 0 Å². The summed E-state index contributed by atoms with van der Waals surface area (Å²) in [7, 11) is 4.61. The maximum absolute atomic E-state index is 11.7. The van der Waals surface area contributed by atoms with Crippen molar-refractivity contribution >= 4 is 11.7 Å². The van der Waals surface area contributed by atoms with E-state index in [9.17, 15) is 4.79 Å². The van der Waals surface area contributed by atoms with Crippen LogP contribution in [0.3, 0.4) is 0 Å². The summed E-state index contributed by atoms with van der Waals surface area (Å²) in [4.78, 5) is 16.6. The summed E-state index contributed by atoms with van der Waals surface area (Å²) >= 11 is 0. The second-order valence-corrected chi connectivity index (χ2v) is 5.08. The van der Waals surface area contributed by atoms with Gasteiger partial charge in [-0.3, -0.25) is 4.84 Å². The Bertz CT molecular complexity index is 658. The molecule has 1 N–H and O–H groups in total. The lowest BCUT2D eigenvalue weighted by Crippen LogP contribution is -2.30. The van der Waals surface area contributed by atoms with Crippen LogP contribution in [0.1, 0.15) is 5.56 Å². The highest BCUT2D eigenvalue weighted by Gasteiger charge is 2.08. The predicted molar refractivity (Wildman–Crippen MR) is 92.4 cm³/mol. The quantitative estimate of drug-likeness (QED) is 0.791. The number of methoxy groups -OCH3 is 1. The number of hydrogen-bond donors (Lipinski definition) is 1. The summed E-state index contributed by atoms with van der Waals surface area (Å²) in [5, 5.41) is 3.83. The molecule has 0 aliphatic carbocycles. The number of urea groups is 1. The van der Waals surface area contributed by atoms with E-state index in [2.05, 4.69) is 5.32 Å². The van der Waals surface area contributed by atoms with Gasteiger partial charge in [-0.2, -0.15) is 0 Å². The van der Waals surface area contributed by atoms with E-state index < -0.39 is 0 Å². The predicted octanol–water partition coefficient (Wildman–Crippen LogP) is 3.34. The molecule has 2 aromatic rings. The summed E-state index contributed by atoms with van der Waals surface area (Å²) in [5.41, 5.74) is 1.81. The summed E-state index contributed by atoms with van der Waals surface area (Å²) in [6.45, 7) is 0.543. The molecule has 0 aliphatic heterocycles. The van der Waals surface area contributed by atoms with Crippen LogP contribution in [0.15, 0.2) is 48.5 Å². The number of ether oxygens (including phenoxy) is 2. The molecule has 0 spiro atoms. The van der Waals surface area contributed by atoms with E-state index in [4.69, 9.17) is 14.3 Å². The summed E-state index contributed by atoms with van der Waals surface area (Å²) < 4.78 is 10.9. The maximum atomic E-state index is 11.7. The smallest absolute Gasteiger partial charge is 0.345 e. The number of carbonyl (C=O) groups is 1. The molecule has 2 aromatic carbocycles. The first-order valence-electron chi connectivity index (χ1n) is 7.57. The van der Waals surface area contributed by atoms with Crippen molar-refractivity contribution in [3.8, 4) is 11.5 Å². The van der Waals surface area contributed by atoms with Crippen LogP contribution in [0.4, 0.5) is 10.5 Å². The van der Waals surface area contributed by atoms with Gasteiger partial charge in [0.1, 0.15) is 11.5 Å². The SMILES string of the molecule is COc1ccc(CCOc2cccc(NC(=O)N(C)OC)c2)cc1. The molecule has 0 aliphatic rings. The zero-order valence-electron chi connectivity index (χ0n) is 14.1. The number of benzene rings is 2. The van der Waals surface area contributed by atoms with E-state index in [0.29, 0.717) is 18.0 Å². The van der Waals surface area contributed by atoms with Gasteiger partial charge in [0.15, 0.2) is 0 Å². The Morgan fingerprint density at radius 3 is 2.50 bits per heavy atom. The van der Waals surface area contributed by atoms with Crippen LogP contribution in [-0.4, -0.2) is 39.0 Å². The Kier molecular flexibility index (Phi) is 6.45. The summed E-state index contributed by atoms with van der Waals surface area (Å²) in [5.74, 6) is 1.53. The van der Waals surface area contributed by atoms with Crippen LogP contribution in [0, 0.1) is 0 Å². The Morgan fingerprint density at radius 1 is 1.08 bits per heavy atom. The van der Waals surface area contributed by atoms with E-state index in [1.807, 2.05) is 36.4 Å². The van der Waals surface area contributed by atoms with Crippen molar-refractivity contribution in [3.63, 3.8) is 0 Å². The number of nitrogens with zero attached hydrogens (tertiary/aromatic N) is 1. The van der Waals surface area contributed by atoms with Crippen LogP contribution < -0.4 is 14.8 Å². The molecule has 0 unspecified atom stereocenters. The fourth-order valence-electron chi connectivity index (χ4n) is 2.03. The lowest BCUT2D eigenvalue weighted by atomic mass is 10.1. The third-order valence-electron chi connectivity index (χ3n) is 3.46. The van der Waals surface area contributed by atoms with E-state index in [1.54, 1.807) is 19.2 Å². The monoisotopic (exact) mass is 330 g/mol. The van der Waals surface area contributed by atoms with E-state index >= 15 is 0 Å². The van der Waals surface area contributed by atoms with Crippen LogP contribution in [0.2, 0.25) is 0 Å². The van der Waals surface area contributed by atoms with Gasteiger partial charge >= 0.3 is 6.03 Å². The Morgan fingerprint density at radius 2 is 1.83 bits per heavy atom. The molecule has 0 saturated heterocycles. The molecule has 0 radical (unpaired) electrons. The second kappa shape index (κ2) is 8.79. The zero-order chi connectivity index (χ0) is 17.4. The van der Waals surface area contributed by atoms with Crippen molar-refractivity contribution in [3.05, 3.63) is 54.1 Å². The van der Waals surface area contributed by atoms with Gasteiger partial charge in [0, 0.05) is 25.2 Å². The fourth-order valence-corrected chi connectivity index (χ4v) is 2.03. The van der Waals surface area contributed by atoms with E-state index in [1.165, 1.54) is 19.7 Å². The summed E-state index contributed by atoms with van der Waals surface area (Å²) in [6, 6.07) is 14.8. The molecule has 128 valence electrons. The molecule has 0 aromatic heterocycles. The standard InChI is InChI=1S/C18H22N2O4/c1-20(23-3)18(21)19-15-5-4-6-17(13-15)24-12-11-14-7-9-16(22-2)10-8-14/h4-10,13H,11-12H2,1-3H3,(H,19,21). The van der Waals surface area contributed by atoms with Crippen molar-refractivity contribution in [2.45, 2.75) is 6.42 Å². The Labute approximate surface area is 141 Å². The number of amides is 2. The average molecular weight is 330 g/mol. The van der Waals surface area contributed by atoms with Crippen LogP contribution in [-0.2, 0) is 11.3 Å². The second-order valence-electron chi connectivity index (χ2n) is 5.08. The first-order valence-corrected chi connectivity index (χ1v) is 7.57. The number of hydrogen-bond acceptors (Lipinski definition) is 4.